The minimum atomic E-state index is -0.445. The summed E-state index contributed by atoms with van der Waals surface area (Å²) in [7, 11) is 6.32. The largest absolute Gasteiger partial charge is 0.334 e. The van der Waals surface area contributed by atoms with Gasteiger partial charge in [-0.1, -0.05) is 42.5 Å². The van der Waals surface area contributed by atoms with Crippen molar-refractivity contribution in [3.05, 3.63) is 75.8 Å². The second kappa shape index (κ2) is 9.14. The van der Waals surface area contributed by atoms with Gasteiger partial charge in [-0.2, -0.15) is 0 Å². The summed E-state index contributed by atoms with van der Waals surface area (Å²) in [5.74, 6) is 0. The monoisotopic (exact) mass is 371 g/mol. The van der Waals surface area contributed by atoms with Crippen molar-refractivity contribution >= 4 is 11.7 Å². The van der Waals surface area contributed by atoms with Crippen LogP contribution in [0.4, 0.5) is 10.5 Å². The fourth-order valence-corrected chi connectivity index (χ4v) is 2.74. The van der Waals surface area contributed by atoms with Crippen LogP contribution in [-0.4, -0.2) is 49.2 Å². The fourth-order valence-electron chi connectivity index (χ4n) is 2.74. The number of urea groups is 1. The number of hydrogen-bond acceptors (Lipinski definition) is 3. The Bertz CT molecular complexity index is 772. The molecule has 0 radical (unpaired) electrons. The van der Waals surface area contributed by atoms with Crippen molar-refractivity contribution in [1.29, 1.82) is 0 Å². The van der Waals surface area contributed by atoms with E-state index < -0.39 is 4.92 Å². The van der Waals surface area contributed by atoms with Gasteiger partial charge in [0.25, 0.3) is 5.69 Å². The van der Waals surface area contributed by atoms with Gasteiger partial charge in [0.2, 0.25) is 0 Å². The number of carbonyl (C=O) groups excluding carboxylic acids is 1. The number of rotatable bonds is 8. The second-order valence-electron chi connectivity index (χ2n) is 7.45. The summed E-state index contributed by atoms with van der Waals surface area (Å²) in [4.78, 5) is 22.5. The van der Waals surface area contributed by atoms with E-state index in [1.54, 1.807) is 12.1 Å². The zero-order valence-corrected chi connectivity index (χ0v) is 16.0. The van der Waals surface area contributed by atoms with Gasteiger partial charge >= 0.3 is 6.03 Å². The molecule has 0 bridgehead atoms. The van der Waals surface area contributed by atoms with Gasteiger partial charge in [-0.15, -0.1) is 0 Å². The first-order valence-electron chi connectivity index (χ1n) is 8.86. The highest BCUT2D eigenvalue weighted by Gasteiger charge is 2.24. The molecule has 1 atom stereocenters. The number of likely N-dealkylation sites (N-methyl/N-ethyl adjacent to an activating group) is 1. The minimum Gasteiger partial charge on any atom is -0.334 e. The number of nitro benzene ring substituents is 1. The van der Waals surface area contributed by atoms with Gasteiger partial charge in [-0.3, -0.25) is 10.1 Å². The summed E-state index contributed by atoms with van der Waals surface area (Å²) in [5, 5.41) is 16.5. The predicted octanol–water partition coefficient (Wildman–Crippen LogP) is 2.71. The van der Waals surface area contributed by atoms with E-state index in [0.717, 1.165) is 10.9 Å². The SMILES string of the molecule is C[N+](C)(C)[C@H](CNC(=O)NCc1cccc([N+](=O)[O-])c1)Cc1ccccc1. The molecule has 0 saturated carbocycles. The van der Waals surface area contributed by atoms with Crippen molar-refractivity contribution in [2.24, 2.45) is 0 Å². The predicted molar refractivity (Wildman–Crippen MR) is 105 cm³/mol. The molecule has 0 aliphatic rings. The Morgan fingerprint density at radius 3 is 2.33 bits per heavy atom. The van der Waals surface area contributed by atoms with Crippen molar-refractivity contribution in [2.75, 3.05) is 27.7 Å². The molecule has 27 heavy (non-hydrogen) atoms. The van der Waals surface area contributed by atoms with Crippen molar-refractivity contribution in [3.8, 4) is 0 Å². The maximum Gasteiger partial charge on any atom is 0.315 e. The Balaban J connectivity index is 1.88. The van der Waals surface area contributed by atoms with Crippen LogP contribution in [0.3, 0.4) is 0 Å². The number of non-ortho nitro benzene ring substituents is 1. The molecular weight excluding hydrogens is 344 g/mol. The first-order valence-corrected chi connectivity index (χ1v) is 8.86. The van der Waals surface area contributed by atoms with E-state index in [-0.39, 0.29) is 24.3 Å². The molecule has 2 aromatic carbocycles. The Morgan fingerprint density at radius 2 is 1.70 bits per heavy atom. The van der Waals surface area contributed by atoms with Gasteiger partial charge in [0.1, 0.15) is 6.04 Å². The van der Waals surface area contributed by atoms with Gasteiger partial charge < -0.3 is 15.1 Å². The summed E-state index contributed by atoms with van der Waals surface area (Å²) in [5.41, 5.74) is 1.93. The molecule has 0 fully saturated rings. The van der Waals surface area contributed by atoms with Crippen molar-refractivity contribution < 1.29 is 14.2 Å². The second-order valence-corrected chi connectivity index (χ2v) is 7.45. The third-order valence-corrected chi connectivity index (χ3v) is 4.48. The van der Waals surface area contributed by atoms with E-state index in [9.17, 15) is 14.9 Å². The van der Waals surface area contributed by atoms with E-state index in [2.05, 4.69) is 43.9 Å². The third kappa shape index (κ3) is 6.71. The molecule has 2 N–H and O–H groups in total. The van der Waals surface area contributed by atoms with Crippen molar-refractivity contribution in [3.63, 3.8) is 0 Å². The molecule has 0 aliphatic heterocycles. The van der Waals surface area contributed by atoms with E-state index >= 15 is 0 Å². The first-order chi connectivity index (χ1) is 12.8. The van der Waals surface area contributed by atoms with Crippen molar-refractivity contribution in [1.82, 2.24) is 10.6 Å². The minimum absolute atomic E-state index is 0.0164. The highest BCUT2D eigenvalue weighted by atomic mass is 16.6. The molecule has 0 saturated heterocycles. The van der Waals surface area contributed by atoms with Gasteiger partial charge in [0.05, 0.1) is 32.6 Å². The molecule has 7 nitrogen and oxygen atoms in total. The zero-order chi connectivity index (χ0) is 19.9. The lowest BCUT2D eigenvalue weighted by molar-refractivity contribution is -0.894. The fraction of sp³-hybridized carbons (Fsp3) is 0.350. The summed E-state index contributed by atoms with van der Waals surface area (Å²) in [6, 6.07) is 16.4. The van der Waals surface area contributed by atoms with E-state index in [1.165, 1.54) is 17.7 Å². The lowest BCUT2D eigenvalue weighted by Crippen LogP contribution is -2.53. The molecule has 0 spiro atoms. The van der Waals surface area contributed by atoms with Gasteiger partial charge in [0, 0.05) is 25.1 Å². The summed E-state index contributed by atoms with van der Waals surface area (Å²) < 4.78 is 0.722. The highest BCUT2D eigenvalue weighted by molar-refractivity contribution is 5.73. The Kier molecular flexibility index (Phi) is 6.90. The van der Waals surface area contributed by atoms with Gasteiger partial charge in [0.15, 0.2) is 0 Å². The third-order valence-electron chi connectivity index (χ3n) is 4.48. The van der Waals surface area contributed by atoms with Crippen LogP contribution < -0.4 is 10.6 Å². The molecule has 144 valence electrons. The van der Waals surface area contributed by atoms with Crippen LogP contribution in [0.15, 0.2) is 54.6 Å². The summed E-state index contributed by atoms with van der Waals surface area (Å²) in [6.45, 7) is 0.764. The van der Waals surface area contributed by atoms with E-state index in [0.29, 0.717) is 12.1 Å². The molecule has 2 amide bonds. The molecule has 2 rings (SSSR count). The van der Waals surface area contributed by atoms with E-state index in [4.69, 9.17) is 0 Å². The Hall–Kier alpha value is -2.93. The number of nitrogens with zero attached hydrogens (tertiary/aromatic N) is 2. The molecule has 0 aromatic heterocycles. The maximum absolute atomic E-state index is 12.2. The molecule has 7 heteroatoms. The molecule has 0 unspecified atom stereocenters. The van der Waals surface area contributed by atoms with Gasteiger partial charge in [-0.25, -0.2) is 4.79 Å². The topological polar surface area (TPSA) is 84.3 Å². The van der Waals surface area contributed by atoms with Crippen LogP contribution in [0, 0.1) is 10.1 Å². The van der Waals surface area contributed by atoms with Gasteiger partial charge in [-0.05, 0) is 11.1 Å². The summed E-state index contributed by atoms with van der Waals surface area (Å²) >= 11 is 0. The average Bonchev–Trinajstić information content (AvgIpc) is 2.63. The van der Waals surface area contributed by atoms with E-state index in [1.807, 2.05) is 18.2 Å². The molecule has 0 aliphatic carbocycles. The van der Waals surface area contributed by atoms with Crippen LogP contribution in [0.2, 0.25) is 0 Å². The molecule has 2 aromatic rings. The smallest absolute Gasteiger partial charge is 0.315 e. The number of amides is 2. The van der Waals surface area contributed by atoms with Crippen molar-refractivity contribution in [2.45, 2.75) is 19.0 Å². The number of nitro groups is 1. The highest BCUT2D eigenvalue weighted by Crippen LogP contribution is 2.13. The normalized spacial score (nSPS) is 12.3. The zero-order valence-electron chi connectivity index (χ0n) is 16.0. The molecule has 0 heterocycles. The number of benzene rings is 2. The Morgan fingerprint density at radius 1 is 1.04 bits per heavy atom. The summed E-state index contributed by atoms with van der Waals surface area (Å²) in [6.07, 6.45) is 0.857. The Labute approximate surface area is 159 Å². The lowest BCUT2D eigenvalue weighted by Gasteiger charge is -2.34. The first kappa shape index (κ1) is 20.4. The standard InChI is InChI=1S/C20H26N4O3/c1-24(2,3)19(13-16-8-5-4-6-9-16)15-22-20(25)21-14-17-10-7-11-18(12-17)23(26)27/h4-12,19H,13-15H2,1-3H3,(H-,21,22,25)/p+1/t19-/m0/s1. The van der Waals surface area contributed by atoms with Crippen LogP contribution >= 0.6 is 0 Å². The number of hydrogen-bond donors (Lipinski definition) is 2. The number of nitrogens with one attached hydrogen (secondary N) is 2. The molecular formula is C20H27N4O3+. The maximum atomic E-state index is 12.2. The van der Waals surface area contributed by atoms with Crippen LogP contribution in [0.5, 0.6) is 0 Å². The lowest BCUT2D eigenvalue weighted by atomic mass is 10.0. The van der Waals surface area contributed by atoms with Crippen LogP contribution in [0.1, 0.15) is 11.1 Å². The average molecular weight is 371 g/mol. The number of carbonyl (C=O) groups is 1. The van der Waals surface area contributed by atoms with Crippen LogP contribution in [-0.2, 0) is 13.0 Å². The number of quaternary nitrogens is 1. The quantitative estimate of drug-likeness (QED) is 0.425. The van der Waals surface area contributed by atoms with Crippen LogP contribution in [0.25, 0.3) is 0 Å².